The standard InChI is InChI=1S/C10H16N2OS/c1-4-8-6-9(14)12-10(11-8)7(3)13-5-2/h6-7H,4-5H2,1-3H3,(H,11,12,14). The first kappa shape index (κ1) is 11.3. The quantitative estimate of drug-likeness (QED) is 0.780. The second-order valence-corrected chi connectivity index (χ2v) is 3.50. The Hall–Kier alpha value is -0.740. The molecule has 1 heterocycles. The Kier molecular flexibility index (Phi) is 4.22. The van der Waals surface area contributed by atoms with Crippen LogP contribution in [-0.4, -0.2) is 16.6 Å². The molecule has 3 nitrogen and oxygen atoms in total. The summed E-state index contributed by atoms with van der Waals surface area (Å²) in [6.45, 7) is 6.70. The molecule has 0 aliphatic carbocycles. The van der Waals surface area contributed by atoms with Gasteiger partial charge in [0, 0.05) is 12.3 Å². The van der Waals surface area contributed by atoms with Gasteiger partial charge in [0.1, 0.15) is 16.6 Å². The molecule has 0 aliphatic rings. The lowest BCUT2D eigenvalue weighted by Gasteiger charge is -2.11. The molecule has 0 radical (unpaired) electrons. The molecule has 0 saturated carbocycles. The predicted molar refractivity (Wildman–Crippen MR) is 58.8 cm³/mol. The second kappa shape index (κ2) is 5.22. The van der Waals surface area contributed by atoms with Gasteiger partial charge in [0.2, 0.25) is 0 Å². The number of H-pyrrole nitrogens is 1. The number of aryl methyl sites for hydroxylation is 1. The first-order valence-electron chi connectivity index (χ1n) is 4.89. The van der Waals surface area contributed by atoms with Crippen molar-refractivity contribution in [2.75, 3.05) is 6.61 Å². The number of hydrogen-bond donors (Lipinski definition) is 1. The summed E-state index contributed by atoms with van der Waals surface area (Å²) < 4.78 is 6.07. The van der Waals surface area contributed by atoms with E-state index in [-0.39, 0.29) is 6.10 Å². The largest absolute Gasteiger partial charge is 0.371 e. The number of nitrogens with zero attached hydrogens (tertiary/aromatic N) is 1. The van der Waals surface area contributed by atoms with Gasteiger partial charge in [-0.3, -0.25) is 0 Å². The van der Waals surface area contributed by atoms with Crippen LogP contribution in [0.1, 0.15) is 38.4 Å². The van der Waals surface area contributed by atoms with Crippen molar-refractivity contribution >= 4 is 12.2 Å². The molecule has 4 heteroatoms. The summed E-state index contributed by atoms with van der Waals surface area (Å²) in [6.07, 6.45) is 0.908. The minimum Gasteiger partial charge on any atom is -0.371 e. The molecule has 0 spiro atoms. The van der Waals surface area contributed by atoms with Gasteiger partial charge in [0.05, 0.1) is 0 Å². The highest BCUT2D eigenvalue weighted by Crippen LogP contribution is 2.12. The average molecular weight is 212 g/mol. The number of nitrogens with one attached hydrogen (secondary N) is 1. The first-order chi connectivity index (χ1) is 6.67. The van der Waals surface area contributed by atoms with Crippen molar-refractivity contribution in [2.45, 2.75) is 33.3 Å². The molecule has 1 unspecified atom stereocenters. The van der Waals surface area contributed by atoms with E-state index in [1.165, 1.54) is 0 Å². The smallest absolute Gasteiger partial charge is 0.136 e. The topological polar surface area (TPSA) is 37.9 Å². The van der Waals surface area contributed by atoms with Gasteiger partial charge in [-0.1, -0.05) is 19.1 Å². The van der Waals surface area contributed by atoms with Gasteiger partial charge in [-0.15, -0.1) is 0 Å². The van der Waals surface area contributed by atoms with Gasteiger partial charge in [0.15, 0.2) is 0 Å². The van der Waals surface area contributed by atoms with E-state index in [4.69, 9.17) is 17.0 Å². The van der Waals surface area contributed by atoms with Crippen molar-refractivity contribution in [2.24, 2.45) is 0 Å². The van der Waals surface area contributed by atoms with Crippen LogP contribution in [0.3, 0.4) is 0 Å². The van der Waals surface area contributed by atoms with Crippen LogP contribution in [0.15, 0.2) is 6.07 Å². The van der Waals surface area contributed by atoms with Crippen molar-refractivity contribution in [3.63, 3.8) is 0 Å². The minimum absolute atomic E-state index is 0.0202. The van der Waals surface area contributed by atoms with Crippen LogP contribution in [0.25, 0.3) is 0 Å². The highest BCUT2D eigenvalue weighted by molar-refractivity contribution is 7.71. The maximum atomic E-state index is 5.44. The SMILES string of the molecule is CCOC(C)c1nc(=S)cc(CC)[nH]1. The molecule has 1 rings (SSSR count). The summed E-state index contributed by atoms with van der Waals surface area (Å²) in [6, 6.07) is 1.89. The van der Waals surface area contributed by atoms with E-state index in [2.05, 4.69) is 16.9 Å². The van der Waals surface area contributed by atoms with Crippen molar-refractivity contribution < 1.29 is 4.74 Å². The molecule has 1 aromatic rings. The summed E-state index contributed by atoms with van der Waals surface area (Å²) in [7, 11) is 0. The van der Waals surface area contributed by atoms with Crippen LogP contribution < -0.4 is 0 Å². The number of aromatic amines is 1. The third kappa shape index (κ3) is 2.89. The van der Waals surface area contributed by atoms with E-state index in [0.29, 0.717) is 11.2 Å². The van der Waals surface area contributed by atoms with Crippen LogP contribution >= 0.6 is 12.2 Å². The lowest BCUT2D eigenvalue weighted by atomic mass is 10.3. The highest BCUT2D eigenvalue weighted by Gasteiger charge is 2.07. The van der Waals surface area contributed by atoms with E-state index in [9.17, 15) is 0 Å². The molecule has 1 atom stereocenters. The van der Waals surface area contributed by atoms with Gasteiger partial charge < -0.3 is 9.72 Å². The predicted octanol–water partition coefficient (Wildman–Crippen LogP) is 2.80. The molecule has 78 valence electrons. The Morgan fingerprint density at radius 3 is 2.86 bits per heavy atom. The molecular weight excluding hydrogens is 196 g/mol. The van der Waals surface area contributed by atoms with Crippen LogP contribution in [0.5, 0.6) is 0 Å². The zero-order chi connectivity index (χ0) is 10.6. The summed E-state index contributed by atoms with van der Waals surface area (Å²) in [5.41, 5.74) is 1.10. The maximum Gasteiger partial charge on any atom is 0.136 e. The van der Waals surface area contributed by atoms with E-state index in [0.717, 1.165) is 17.9 Å². The minimum atomic E-state index is -0.0202. The lowest BCUT2D eigenvalue weighted by molar-refractivity contribution is 0.0698. The van der Waals surface area contributed by atoms with Crippen molar-refractivity contribution in [3.05, 3.63) is 22.2 Å². The fourth-order valence-corrected chi connectivity index (χ4v) is 1.48. The van der Waals surface area contributed by atoms with E-state index in [1.54, 1.807) is 0 Å². The maximum absolute atomic E-state index is 5.44. The first-order valence-corrected chi connectivity index (χ1v) is 5.30. The second-order valence-electron chi connectivity index (χ2n) is 3.08. The average Bonchev–Trinajstić information content (AvgIpc) is 2.17. The van der Waals surface area contributed by atoms with E-state index < -0.39 is 0 Å². The Bertz CT molecular complexity index is 348. The van der Waals surface area contributed by atoms with Crippen LogP contribution in [0.4, 0.5) is 0 Å². The highest BCUT2D eigenvalue weighted by atomic mass is 32.1. The number of ether oxygens (including phenoxy) is 1. The summed E-state index contributed by atoms with van der Waals surface area (Å²) in [4.78, 5) is 7.45. The Labute approximate surface area is 89.5 Å². The van der Waals surface area contributed by atoms with Gasteiger partial charge in [-0.25, -0.2) is 4.98 Å². The molecule has 1 aromatic heterocycles. The van der Waals surface area contributed by atoms with Crippen molar-refractivity contribution in [3.8, 4) is 0 Å². The fraction of sp³-hybridized carbons (Fsp3) is 0.600. The Morgan fingerprint density at radius 1 is 1.57 bits per heavy atom. The zero-order valence-electron chi connectivity index (χ0n) is 8.83. The van der Waals surface area contributed by atoms with Gasteiger partial charge in [-0.2, -0.15) is 0 Å². The number of rotatable bonds is 4. The Morgan fingerprint density at radius 2 is 2.29 bits per heavy atom. The molecule has 14 heavy (non-hydrogen) atoms. The number of aromatic nitrogens is 2. The van der Waals surface area contributed by atoms with E-state index in [1.807, 2.05) is 19.9 Å². The van der Waals surface area contributed by atoms with Crippen LogP contribution in [0, 0.1) is 4.64 Å². The summed E-state index contributed by atoms with van der Waals surface area (Å²) in [5.74, 6) is 0.816. The van der Waals surface area contributed by atoms with Gasteiger partial charge >= 0.3 is 0 Å². The van der Waals surface area contributed by atoms with E-state index >= 15 is 0 Å². The van der Waals surface area contributed by atoms with Crippen molar-refractivity contribution in [1.29, 1.82) is 0 Å². The summed E-state index contributed by atoms with van der Waals surface area (Å²) >= 11 is 5.07. The van der Waals surface area contributed by atoms with Gasteiger partial charge in [-0.05, 0) is 26.3 Å². The molecule has 0 bridgehead atoms. The molecule has 1 N–H and O–H groups in total. The Balaban J connectivity index is 2.96. The molecule has 0 amide bonds. The molecule has 0 saturated heterocycles. The molecule has 0 aliphatic heterocycles. The van der Waals surface area contributed by atoms with Crippen molar-refractivity contribution in [1.82, 2.24) is 9.97 Å². The van der Waals surface area contributed by atoms with Crippen LogP contribution in [-0.2, 0) is 11.2 Å². The third-order valence-electron chi connectivity index (χ3n) is 2.00. The molecule has 0 fully saturated rings. The fourth-order valence-electron chi connectivity index (χ4n) is 1.24. The lowest BCUT2D eigenvalue weighted by Crippen LogP contribution is -2.06. The zero-order valence-corrected chi connectivity index (χ0v) is 9.65. The molecular formula is C10H16N2OS. The monoisotopic (exact) mass is 212 g/mol. The number of hydrogen-bond acceptors (Lipinski definition) is 3. The van der Waals surface area contributed by atoms with Crippen LogP contribution in [0.2, 0.25) is 0 Å². The molecule has 0 aromatic carbocycles. The third-order valence-corrected chi connectivity index (χ3v) is 2.21. The summed E-state index contributed by atoms with van der Waals surface area (Å²) in [5, 5.41) is 0. The van der Waals surface area contributed by atoms with Gasteiger partial charge in [0.25, 0.3) is 0 Å². The normalized spacial score (nSPS) is 12.8.